The second-order valence-electron chi connectivity index (χ2n) is 7.74. The number of oxazole rings is 1. The number of hydrogen-bond donors (Lipinski definition) is 1. The standard InChI is InChI=1S/C24H25ClN2O3/c1-17-21(27-23(30-17)18-5-3-2-4-6-18)15-22(28)26-16-24(11-13-29-14-12-24)19-7-9-20(25)10-8-19/h2-10H,11-16H2,1H3,(H,26,28). The fourth-order valence-corrected chi connectivity index (χ4v) is 4.04. The molecule has 0 unspecified atom stereocenters. The third-order valence-corrected chi connectivity index (χ3v) is 6.02. The van der Waals surface area contributed by atoms with E-state index in [-0.39, 0.29) is 17.7 Å². The molecule has 1 aliphatic rings. The number of amides is 1. The third kappa shape index (κ3) is 4.58. The quantitative estimate of drug-likeness (QED) is 0.622. The second-order valence-corrected chi connectivity index (χ2v) is 8.18. The maximum absolute atomic E-state index is 12.7. The van der Waals surface area contributed by atoms with Crippen LogP contribution in [0.2, 0.25) is 5.02 Å². The molecular weight excluding hydrogens is 400 g/mol. The van der Waals surface area contributed by atoms with E-state index in [4.69, 9.17) is 20.8 Å². The molecule has 1 aromatic heterocycles. The fraction of sp³-hybridized carbons (Fsp3) is 0.333. The Morgan fingerprint density at radius 2 is 1.80 bits per heavy atom. The largest absolute Gasteiger partial charge is 0.441 e. The fourth-order valence-electron chi connectivity index (χ4n) is 3.91. The molecule has 30 heavy (non-hydrogen) atoms. The van der Waals surface area contributed by atoms with Crippen molar-refractivity contribution in [3.8, 4) is 11.5 Å². The van der Waals surface area contributed by atoms with Crippen molar-refractivity contribution in [1.29, 1.82) is 0 Å². The van der Waals surface area contributed by atoms with Crippen LogP contribution < -0.4 is 5.32 Å². The SMILES string of the molecule is Cc1oc(-c2ccccc2)nc1CC(=O)NCC1(c2ccc(Cl)cc2)CCOCC1. The molecule has 0 radical (unpaired) electrons. The van der Waals surface area contributed by atoms with E-state index < -0.39 is 0 Å². The van der Waals surface area contributed by atoms with Gasteiger partial charge in [-0.25, -0.2) is 4.98 Å². The minimum Gasteiger partial charge on any atom is -0.441 e. The molecule has 1 saturated heterocycles. The second kappa shape index (κ2) is 9.02. The van der Waals surface area contributed by atoms with Gasteiger partial charge in [0.2, 0.25) is 11.8 Å². The lowest BCUT2D eigenvalue weighted by Crippen LogP contribution is -2.45. The number of hydrogen-bond acceptors (Lipinski definition) is 4. The van der Waals surface area contributed by atoms with E-state index in [1.54, 1.807) is 0 Å². The van der Waals surface area contributed by atoms with Crippen LogP contribution in [0.25, 0.3) is 11.5 Å². The normalized spacial score (nSPS) is 15.7. The Kier molecular flexibility index (Phi) is 6.21. The third-order valence-electron chi connectivity index (χ3n) is 5.77. The zero-order chi connectivity index (χ0) is 21.0. The van der Waals surface area contributed by atoms with Crippen LogP contribution in [0.4, 0.5) is 0 Å². The summed E-state index contributed by atoms with van der Waals surface area (Å²) in [7, 11) is 0. The first-order chi connectivity index (χ1) is 14.6. The van der Waals surface area contributed by atoms with Crippen LogP contribution in [0.1, 0.15) is 29.9 Å². The minimum atomic E-state index is -0.146. The van der Waals surface area contributed by atoms with Gasteiger partial charge in [0, 0.05) is 35.8 Å². The highest BCUT2D eigenvalue weighted by atomic mass is 35.5. The van der Waals surface area contributed by atoms with E-state index in [0.29, 0.717) is 42.1 Å². The number of carbonyl (C=O) groups excluding carboxylic acids is 1. The number of nitrogens with zero attached hydrogens (tertiary/aromatic N) is 1. The summed E-state index contributed by atoms with van der Waals surface area (Å²) in [5.74, 6) is 1.14. The van der Waals surface area contributed by atoms with Gasteiger partial charge < -0.3 is 14.5 Å². The van der Waals surface area contributed by atoms with Gasteiger partial charge in [-0.3, -0.25) is 4.79 Å². The van der Waals surface area contributed by atoms with Gasteiger partial charge in [0.15, 0.2) is 0 Å². The van der Waals surface area contributed by atoms with Crippen molar-refractivity contribution < 1.29 is 13.9 Å². The first-order valence-electron chi connectivity index (χ1n) is 10.2. The van der Waals surface area contributed by atoms with Gasteiger partial charge in [0.05, 0.1) is 12.1 Å². The molecule has 0 spiro atoms. The number of aromatic nitrogens is 1. The summed E-state index contributed by atoms with van der Waals surface area (Å²) in [6.07, 6.45) is 1.90. The summed E-state index contributed by atoms with van der Waals surface area (Å²) in [5.41, 5.74) is 2.60. The molecule has 156 valence electrons. The Hall–Kier alpha value is -2.63. The summed E-state index contributed by atoms with van der Waals surface area (Å²) >= 11 is 6.06. The van der Waals surface area contributed by atoms with Crippen LogP contribution in [0.5, 0.6) is 0 Å². The number of ether oxygens (including phenoxy) is 1. The van der Waals surface area contributed by atoms with E-state index in [2.05, 4.69) is 10.3 Å². The summed E-state index contributed by atoms with van der Waals surface area (Å²) in [6.45, 7) is 3.76. The van der Waals surface area contributed by atoms with E-state index in [9.17, 15) is 4.79 Å². The predicted octanol–water partition coefficient (Wildman–Crippen LogP) is 4.71. The molecular formula is C24H25ClN2O3. The van der Waals surface area contributed by atoms with E-state index in [1.807, 2.05) is 61.5 Å². The Morgan fingerprint density at radius 1 is 1.10 bits per heavy atom. The lowest BCUT2D eigenvalue weighted by Gasteiger charge is -2.38. The zero-order valence-corrected chi connectivity index (χ0v) is 17.7. The van der Waals surface area contributed by atoms with Crippen molar-refractivity contribution in [1.82, 2.24) is 10.3 Å². The van der Waals surface area contributed by atoms with Crippen molar-refractivity contribution in [3.05, 3.63) is 76.6 Å². The monoisotopic (exact) mass is 424 g/mol. The number of nitrogens with one attached hydrogen (secondary N) is 1. The summed E-state index contributed by atoms with van der Waals surface area (Å²) in [4.78, 5) is 17.3. The number of benzene rings is 2. The van der Waals surface area contributed by atoms with Gasteiger partial charge in [0.25, 0.3) is 0 Å². The van der Waals surface area contributed by atoms with Gasteiger partial charge in [-0.15, -0.1) is 0 Å². The van der Waals surface area contributed by atoms with Crippen LogP contribution in [-0.4, -0.2) is 30.6 Å². The summed E-state index contributed by atoms with van der Waals surface area (Å²) in [5, 5.41) is 3.83. The van der Waals surface area contributed by atoms with Crippen LogP contribution in [-0.2, 0) is 21.4 Å². The molecule has 0 aliphatic carbocycles. The lowest BCUT2D eigenvalue weighted by atomic mass is 9.74. The van der Waals surface area contributed by atoms with Gasteiger partial charge in [0.1, 0.15) is 5.76 Å². The first-order valence-corrected chi connectivity index (χ1v) is 10.6. The van der Waals surface area contributed by atoms with Gasteiger partial charge >= 0.3 is 0 Å². The molecule has 2 aromatic carbocycles. The Labute approximate surface area is 181 Å². The molecule has 0 bridgehead atoms. The van der Waals surface area contributed by atoms with Crippen LogP contribution in [0.15, 0.2) is 59.0 Å². The topological polar surface area (TPSA) is 64.4 Å². The minimum absolute atomic E-state index is 0.0640. The lowest BCUT2D eigenvalue weighted by molar-refractivity contribution is -0.121. The van der Waals surface area contributed by atoms with Gasteiger partial charge in [-0.1, -0.05) is 41.9 Å². The molecule has 5 nitrogen and oxygen atoms in total. The molecule has 1 N–H and O–H groups in total. The Balaban J connectivity index is 1.44. The Morgan fingerprint density at radius 3 is 2.50 bits per heavy atom. The van der Waals surface area contributed by atoms with Crippen molar-refractivity contribution in [2.45, 2.75) is 31.6 Å². The van der Waals surface area contributed by atoms with Gasteiger partial charge in [-0.05, 0) is 49.6 Å². The summed E-state index contributed by atoms with van der Waals surface area (Å²) < 4.78 is 11.3. The average Bonchev–Trinajstić information content (AvgIpc) is 3.14. The highest BCUT2D eigenvalue weighted by molar-refractivity contribution is 6.30. The van der Waals surface area contributed by atoms with E-state index >= 15 is 0 Å². The molecule has 4 rings (SSSR count). The van der Waals surface area contributed by atoms with Crippen LogP contribution in [0.3, 0.4) is 0 Å². The maximum atomic E-state index is 12.7. The van der Waals surface area contributed by atoms with Crippen molar-refractivity contribution in [2.24, 2.45) is 0 Å². The van der Waals surface area contributed by atoms with Crippen molar-refractivity contribution >= 4 is 17.5 Å². The maximum Gasteiger partial charge on any atom is 0.226 e. The summed E-state index contributed by atoms with van der Waals surface area (Å²) in [6, 6.07) is 17.6. The van der Waals surface area contributed by atoms with Crippen molar-refractivity contribution in [3.63, 3.8) is 0 Å². The molecule has 1 fully saturated rings. The highest BCUT2D eigenvalue weighted by Crippen LogP contribution is 2.35. The molecule has 1 amide bonds. The van der Waals surface area contributed by atoms with E-state index in [1.165, 1.54) is 5.56 Å². The predicted molar refractivity (Wildman–Crippen MR) is 117 cm³/mol. The molecule has 3 aromatic rings. The molecule has 6 heteroatoms. The molecule has 2 heterocycles. The number of halogens is 1. The molecule has 0 saturated carbocycles. The van der Waals surface area contributed by atoms with Crippen LogP contribution >= 0.6 is 11.6 Å². The average molecular weight is 425 g/mol. The molecule has 1 aliphatic heterocycles. The highest BCUT2D eigenvalue weighted by Gasteiger charge is 2.35. The smallest absolute Gasteiger partial charge is 0.226 e. The van der Waals surface area contributed by atoms with Crippen LogP contribution in [0, 0.1) is 6.92 Å². The number of carbonyl (C=O) groups is 1. The number of rotatable bonds is 6. The molecule has 0 atom stereocenters. The Bertz CT molecular complexity index is 993. The van der Waals surface area contributed by atoms with E-state index in [0.717, 1.165) is 18.4 Å². The number of aryl methyl sites for hydroxylation is 1. The zero-order valence-electron chi connectivity index (χ0n) is 17.0. The van der Waals surface area contributed by atoms with Crippen molar-refractivity contribution in [2.75, 3.05) is 19.8 Å². The van der Waals surface area contributed by atoms with Gasteiger partial charge in [-0.2, -0.15) is 0 Å². The first kappa shape index (κ1) is 20.6.